The number of nitrogens with one attached hydrogen (secondary N) is 1. The molecule has 298 valence electrons. The van der Waals surface area contributed by atoms with Crippen molar-refractivity contribution in [3.8, 4) is 0 Å². The molecule has 0 saturated heterocycles. The van der Waals surface area contributed by atoms with Crippen LogP contribution < -0.4 is 0 Å². The Morgan fingerprint density at radius 3 is 2.56 bits per heavy atom. The predicted molar refractivity (Wildman–Crippen MR) is 244 cm³/mol. The molecule has 57 heavy (non-hydrogen) atoms. The van der Waals surface area contributed by atoms with Gasteiger partial charge in [0.2, 0.25) is 5.90 Å². The molecular formula is C50H62N6O. The van der Waals surface area contributed by atoms with E-state index >= 15 is 0 Å². The molecule has 5 rings (SSSR count). The molecule has 3 aliphatic heterocycles. The minimum atomic E-state index is 0.0551. The fourth-order valence-corrected chi connectivity index (χ4v) is 7.51. The summed E-state index contributed by atoms with van der Waals surface area (Å²) in [6.07, 6.45) is 29.2. The van der Waals surface area contributed by atoms with E-state index in [0.717, 1.165) is 83.1 Å². The number of unbranched alkanes of at least 4 members (excludes halogenated alkanes) is 3. The molecule has 3 atom stereocenters. The van der Waals surface area contributed by atoms with Crippen LogP contribution in [0.15, 0.2) is 163 Å². The maximum Gasteiger partial charge on any atom is 0.239 e. The normalized spacial score (nSPS) is 21.0. The SMILES string of the molecule is C=CC1=C(C)OC2=NC(CCCCCC)C=C2N1C1=CC=C(C)[C@@H]1C/C(C)=N/C(=N\C(=N)/C(C)=C/CC(C)C1=CCCN=C1)C(=C\C)/C=C(\C=C)c1ccccc1. The van der Waals surface area contributed by atoms with Crippen molar-refractivity contribution in [2.24, 2.45) is 31.8 Å². The van der Waals surface area contributed by atoms with Crippen molar-refractivity contribution in [3.05, 3.63) is 149 Å². The van der Waals surface area contributed by atoms with Gasteiger partial charge in [-0.1, -0.05) is 119 Å². The Hall–Kier alpha value is -5.43. The van der Waals surface area contributed by atoms with Crippen molar-refractivity contribution in [1.82, 2.24) is 4.90 Å². The number of rotatable bonds is 17. The quantitative estimate of drug-likeness (QED) is 0.0741. The third-order valence-corrected chi connectivity index (χ3v) is 11.0. The van der Waals surface area contributed by atoms with Gasteiger partial charge in [0, 0.05) is 35.7 Å². The zero-order valence-electron chi connectivity index (χ0n) is 35.3. The lowest BCUT2D eigenvalue weighted by Gasteiger charge is -2.36. The zero-order chi connectivity index (χ0) is 40.9. The standard InChI is InChI=1S/C50H62N6O/c1-10-14-15-19-24-43-32-47-50(54-43)57-38(9)45(13-4)56(47)46-28-27-35(6)44(46)30-37(8)53-49(40(12-3)31-39(11-2)41-21-17-16-18-22-41)55-48(51)36(7)26-25-34(5)42-23-20-29-52-33-42/h11-13,16-18,21-23,26-28,31-34,43-44,51H,2,4,10,14-15,19-20,24-25,29-30H2,1,3,5-9H3/b36-26+,39-31+,40-12-,51-48?,53-37+,55-49-/t34?,43?,44-/m0/s1. The van der Waals surface area contributed by atoms with Crippen molar-refractivity contribution in [1.29, 1.82) is 5.41 Å². The smallest absolute Gasteiger partial charge is 0.239 e. The van der Waals surface area contributed by atoms with E-state index < -0.39 is 0 Å². The van der Waals surface area contributed by atoms with Gasteiger partial charge in [0.15, 0.2) is 5.84 Å². The number of hydrogen-bond acceptors (Lipinski definition) is 5. The number of fused-ring (bicyclic) bond motifs is 1. The fraction of sp³-hybridized carbons (Fsp3) is 0.380. The topological polar surface area (TPSA) is 85.8 Å². The van der Waals surface area contributed by atoms with Gasteiger partial charge in [-0.05, 0) is 113 Å². The molecule has 2 unspecified atom stereocenters. The second-order valence-electron chi connectivity index (χ2n) is 15.3. The van der Waals surface area contributed by atoms with Gasteiger partial charge in [0.25, 0.3) is 0 Å². The Morgan fingerprint density at radius 1 is 1.09 bits per heavy atom. The molecule has 1 aromatic rings. The van der Waals surface area contributed by atoms with E-state index in [1.54, 1.807) is 0 Å². The van der Waals surface area contributed by atoms with Gasteiger partial charge in [-0.25, -0.2) is 15.0 Å². The minimum Gasteiger partial charge on any atom is -0.440 e. The third-order valence-electron chi connectivity index (χ3n) is 11.0. The van der Waals surface area contributed by atoms with Crippen LogP contribution in [0.3, 0.4) is 0 Å². The first-order valence-corrected chi connectivity index (χ1v) is 20.7. The molecule has 0 bridgehead atoms. The van der Waals surface area contributed by atoms with Crippen molar-refractivity contribution in [3.63, 3.8) is 0 Å². The second kappa shape index (κ2) is 20.7. The van der Waals surface area contributed by atoms with Gasteiger partial charge in [0.1, 0.15) is 17.3 Å². The van der Waals surface area contributed by atoms with E-state index in [1.807, 2.05) is 63.4 Å². The van der Waals surface area contributed by atoms with Crippen LogP contribution in [0.25, 0.3) is 5.57 Å². The molecule has 0 saturated carbocycles. The molecule has 1 N–H and O–H groups in total. The largest absolute Gasteiger partial charge is 0.440 e. The number of hydrogen-bond donors (Lipinski definition) is 1. The van der Waals surface area contributed by atoms with E-state index in [-0.39, 0.29) is 17.8 Å². The molecule has 3 heterocycles. The molecule has 1 aromatic carbocycles. The summed E-state index contributed by atoms with van der Waals surface area (Å²) in [4.78, 5) is 22.0. The van der Waals surface area contributed by atoms with Gasteiger partial charge >= 0.3 is 0 Å². The zero-order valence-corrected chi connectivity index (χ0v) is 35.3. The molecule has 0 fully saturated rings. The molecular weight excluding hydrogens is 701 g/mol. The number of ether oxygens (including phenoxy) is 1. The fourth-order valence-electron chi connectivity index (χ4n) is 7.51. The summed E-state index contributed by atoms with van der Waals surface area (Å²) in [5.41, 5.74) is 10.1. The van der Waals surface area contributed by atoms with Gasteiger partial charge in [-0.2, -0.15) is 0 Å². The summed E-state index contributed by atoms with van der Waals surface area (Å²) < 4.78 is 6.30. The van der Waals surface area contributed by atoms with Gasteiger partial charge < -0.3 is 9.64 Å². The van der Waals surface area contributed by atoms with Crippen molar-refractivity contribution >= 4 is 35.1 Å². The highest BCUT2D eigenvalue weighted by atomic mass is 16.5. The van der Waals surface area contributed by atoms with Crippen LogP contribution in [-0.4, -0.2) is 47.0 Å². The van der Waals surface area contributed by atoms with E-state index in [2.05, 4.69) is 99.3 Å². The lowest BCUT2D eigenvalue weighted by Crippen LogP contribution is -2.34. The minimum absolute atomic E-state index is 0.0551. The molecule has 0 amide bonds. The van der Waals surface area contributed by atoms with Crippen molar-refractivity contribution < 1.29 is 4.74 Å². The third kappa shape index (κ3) is 10.9. The van der Waals surface area contributed by atoms with E-state index in [4.69, 9.17) is 25.1 Å². The first kappa shape index (κ1) is 42.7. The predicted octanol–water partition coefficient (Wildman–Crippen LogP) is 12.6. The van der Waals surface area contributed by atoms with Crippen molar-refractivity contribution in [2.75, 3.05) is 6.54 Å². The summed E-state index contributed by atoms with van der Waals surface area (Å²) in [5.74, 6) is 2.53. The summed E-state index contributed by atoms with van der Waals surface area (Å²) in [7, 11) is 0. The highest BCUT2D eigenvalue weighted by Gasteiger charge is 2.38. The average molecular weight is 763 g/mol. The van der Waals surface area contributed by atoms with Gasteiger partial charge in [-0.3, -0.25) is 10.4 Å². The summed E-state index contributed by atoms with van der Waals surface area (Å²) in [6, 6.07) is 10.3. The van der Waals surface area contributed by atoms with Crippen LogP contribution in [0.2, 0.25) is 0 Å². The van der Waals surface area contributed by atoms with Gasteiger partial charge in [0.05, 0.1) is 11.7 Å². The lowest BCUT2D eigenvalue weighted by molar-refractivity contribution is 0.341. The van der Waals surface area contributed by atoms with E-state index in [1.165, 1.54) is 30.4 Å². The summed E-state index contributed by atoms with van der Waals surface area (Å²) in [5, 5.41) is 9.15. The number of dihydropyridines is 1. The highest BCUT2D eigenvalue weighted by molar-refractivity contribution is 6.15. The number of aliphatic imine (C=N–C) groups is 4. The lowest BCUT2D eigenvalue weighted by atomic mass is 9.93. The molecule has 7 nitrogen and oxygen atoms in total. The highest BCUT2D eigenvalue weighted by Crippen LogP contribution is 2.42. The summed E-state index contributed by atoms with van der Waals surface area (Å²) >= 11 is 0. The number of benzene rings is 1. The van der Waals surface area contributed by atoms with E-state index in [0.29, 0.717) is 24.1 Å². The molecule has 4 aliphatic rings. The molecule has 7 heteroatoms. The van der Waals surface area contributed by atoms with Crippen LogP contribution in [0.4, 0.5) is 0 Å². The van der Waals surface area contributed by atoms with Crippen LogP contribution in [0.5, 0.6) is 0 Å². The van der Waals surface area contributed by atoms with Crippen LogP contribution in [-0.2, 0) is 4.74 Å². The first-order valence-electron chi connectivity index (χ1n) is 20.7. The Labute approximate surface area is 342 Å². The molecule has 0 radical (unpaired) electrons. The Balaban J connectivity index is 1.47. The maximum atomic E-state index is 9.15. The maximum absolute atomic E-state index is 9.15. The molecule has 0 aromatic heterocycles. The number of nitrogens with zero attached hydrogens (tertiary/aromatic N) is 5. The van der Waals surface area contributed by atoms with E-state index in [9.17, 15) is 0 Å². The molecule has 1 aliphatic carbocycles. The van der Waals surface area contributed by atoms with Crippen LogP contribution in [0.1, 0.15) is 105 Å². The number of amidine groups is 2. The first-order chi connectivity index (χ1) is 27.6. The van der Waals surface area contributed by atoms with Gasteiger partial charge in [-0.15, -0.1) is 0 Å². The Bertz CT molecular complexity index is 2070. The second-order valence-corrected chi connectivity index (χ2v) is 15.3. The number of allylic oxidation sites excluding steroid dienone is 10. The van der Waals surface area contributed by atoms with Crippen molar-refractivity contribution in [2.45, 2.75) is 106 Å². The average Bonchev–Trinajstić information content (AvgIpc) is 3.80. The Kier molecular flexibility index (Phi) is 15.5. The summed E-state index contributed by atoms with van der Waals surface area (Å²) in [6.45, 7) is 23.8. The van der Waals surface area contributed by atoms with Crippen LogP contribution >= 0.6 is 0 Å². The van der Waals surface area contributed by atoms with Crippen LogP contribution in [0, 0.1) is 17.2 Å². The monoisotopic (exact) mass is 762 g/mol. The molecule has 0 spiro atoms. The Morgan fingerprint density at radius 2 is 1.88 bits per heavy atom.